The van der Waals surface area contributed by atoms with Crippen molar-refractivity contribution in [1.82, 2.24) is 0 Å². The van der Waals surface area contributed by atoms with Crippen LogP contribution in [-0.4, -0.2) is 0 Å². The van der Waals surface area contributed by atoms with Gasteiger partial charge in [0.1, 0.15) is 0 Å². The van der Waals surface area contributed by atoms with Gasteiger partial charge in [0, 0.05) is 0 Å². The molecule has 2 aliphatic rings. The molecule has 0 heterocycles. The van der Waals surface area contributed by atoms with E-state index in [0.29, 0.717) is 0 Å². The second-order valence-electron chi connectivity index (χ2n) is 6.02. The molecule has 0 aromatic heterocycles. The number of fused-ring (bicyclic) bond motifs is 1. The molecule has 0 radical (unpaired) electrons. The molecular formula is C13H24. The highest BCUT2D eigenvalue weighted by Crippen LogP contribution is 2.73. The molecule has 0 N–H and O–H groups in total. The molecule has 0 aliphatic heterocycles. The van der Waals surface area contributed by atoms with Crippen molar-refractivity contribution < 1.29 is 0 Å². The van der Waals surface area contributed by atoms with Gasteiger partial charge in [0.05, 0.1) is 0 Å². The predicted molar refractivity (Wildman–Crippen MR) is 57.5 cm³/mol. The third-order valence-electron chi connectivity index (χ3n) is 5.15. The van der Waals surface area contributed by atoms with E-state index in [1.165, 1.54) is 12.8 Å². The normalized spacial score (nSPS) is 54.0. The molecule has 0 bridgehead atoms. The predicted octanol–water partition coefficient (Wildman–Crippen LogP) is 3.96. The summed E-state index contributed by atoms with van der Waals surface area (Å²) in [6.07, 6.45) is 2.92. The summed E-state index contributed by atoms with van der Waals surface area (Å²) in [5, 5.41) is 0. The largest absolute Gasteiger partial charge is 0.0651 e. The molecule has 76 valence electrons. The minimum absolute atomic E-state index is 0.753. The van der Waals surface area contributed by atoms with Crippen molar-refractivity contribution in [3.8, 4) is 0 Å². The fourth-order valence-electron chi connectivity index (χ4n) is 4.48. The summed E-state index contributed by atoms with van der Waals surface area (Å²) in [4.78, 5) is 0. The first kappa shape index (κ1) is 9.55. The van der Waals surface area contributed by atoms with Crippen LogP contribution in [0.15, 0.2) is 0 Å². The van der Waals surface area contributed by atoms with E-state index in [1.54, 1.807) is 0 Å². The van der Waals surface area contributed by atoms with Crippen molar-refractivity contribution in [3.63, 3.8) is 0 Å². The van der Waals surface area contributed by atoms with Crippen LogP contribution in [0.4, 0.5) is 0 Å². The Bertz CT molecular complexity index is 206. The second kappa shape index (κ2) is 2.74. The Morgan fingerprint density at radius 1 is 1.38 bits per heavy atom. The zero-order valence-corrected chi connectivity index (χ0v) is 9.80. The maximum Gasteiger partial charge on any atom is -0.0258 e. The molecule has 0 amide bonds. The molecule has 2 fully saturated rings. The lowest BCUT2D eigenvalue weighted by atomic mass is 9.80. The summed E-state index contributed by atoms with van der Waals surface area (Å²) in [5.41, 5.74) is 0.753. The van der Waals surface area contributed by atoms with Crippen LogP contribution < -0.4 is 0 Å². The minimum Gasteiger partial charge on any atom is -0.0651 e. The van der Waals surface area contributed by atoms with E-state index in [1.807, 2.05) is 0 Å². The smallest absolute Gasteiger partial charge is 0.0258 e. The van der Waals surface area contributed by atoms with Crippen LogP contribution in [0.5, 0.6) is 0 Å². The third-order valence-corrected chi connectivity index (χ3v) is 5.15. The van der Waals surface area contributed by atoms with Gasteiger partial charge >= 0.3 is 0 Å². The highest BCUT2D eigenvalue weighted by molar-refractivity contribution is 5.15. The Hall–Kier alpha value is 0. The molecule has 2 saturated carbocycles. The van der Waals surface area contributed by atoms with Gasteiger partial charge in [-0.2, -0.15) is 0 Å². The van der Waals surface area contributed by atoms with Gasteiger partial charge in [-0.05, 0) is 41.4 Å². The maximum absolute atomic E-state index is 2.53. The average molecular weight is 180 g/mol. The summed E-state index contributed by atoms with van der Waals surface area (Å²) >= 11 is 0. The number of rotatable bonds is 2. The third kappa shape index (κ3) is 1.10. The highest BCUT2D eigenvalue weighted by atomic mass is 14.7. The zero-order valence-electron chi connectivity index (χ0n) is 9.80. The van der Waals surface area contributed by atoms with Gasteiger partial charge in [-0.15, -0.1) is 0 Å². The first-order chi connectivity index (χ1) is 6.02. The summed E-state index contributed by atoms with van der Waals surface area (Å²) in [6.45, 7) is 12.2. The second-order valence-corrected chi connectivity index (χ2v) is 6.02. The summed E-state index contributed by atoms with van der Waals surface area (Å²) in [6, 6.07) is 0. The lowest BCUT2D eigenvalue weighted by molar-refractivity contribution is 0.243. The Morgan fingerprint density at radius 3 is 2.31 bits per heavy atom. The summed E-state index contributed by atoms with van der Waals surface area (Å²) in [5.74, 6) is 5.05. The number of hydrogen-bond donors (Lipinski definition) is 0. The summed E-state index contributed by atoms with van der Waals surface area (Å²) < 4.78 is 0. The topological polar surface area (TPSA) is 0 Å². The molecule has 5 unspecified atom stereocenters. The van der Waals surface area contributed by atoms with Gasteiger partial charge in [-0.3, -0.25) is 0 Å². The van der Waals surface area contributed by atoms with E-state index in [-0.39, 0.29) is 0 Å². The first-order valence-corrected chi connectivity index (χ1v) is 6.02. The van der Waals surface area contributed by atoms with Crippen molar-refractivity contribution in [2.24, 2.45) is 35.0 Å². The molecule has 2 rings (SSSR count). The molecule has 13 heavy (non-hydrogen) atoms. The van der Waals surface area contributed by atoms with Crippen LogP contribution in [0, 0.1) is 35.0 Å². The van der Waals surface area contributed by atoms with Crippen LogP contribution in [-0.2, 0) is 0 Å². The van der Waals surface area contributed by atoms with Crippen molar-refractivity contribution in [3.05, 3.63) is 0 Å². The molecular weight excluding hydrogens is 156 g/mol. The van der Waals surface area contributed by atoms with Gasteiger partial charge in [-0.25, -0.2) is 0 Å². The Morgan fingerprint density at radius 2 is 2.00 bits per heavy atom. The average Bonchev–Trinajstić information content (AvgIpc) is 2.56. The molecule has 0 aromatic carbocycles. The molecule has 0 heteroatoms. The van der Waals surface area contributed by atoms with E-state index in [4.69, 9.17) is 0 Å². The van der Waals surface area contributed by atoms with Crippen molar-refractivity contribution >= 4 is 0 Å². The lowest BCUT2D eigenvalue weighted by Crippen LogP contribution is -2.17. The van der Waals surface area contributed by atoms with Crippen LogP contribution in [0.3, 0.4) is 0 Å². The zero-order chi connectivity index (χ0) is 9.80. The van der Waals surface area contributed by atoms with E-state index < -0.39 is 0 Å². The van der Waals surface area contributed by atoms with Gasteiger partial charge in [0.2, 0.25) is 0 Å². The molecule has 2 aliphatic carbocycles. The number of hydrogen-bond acceptors (Lipinski definition) is 0. The summed E-state index contributed by atoms with van der Waals surface area (Å²) in [7, 11) is 0. The molecule has 0 spiro atoms. The van der Waals surface area contributed by atoms with Crippen LogP contribution in [0.1, 0.15) is 47.5 Å². The monoisotopic (exact) mass is 180 g/mol. The standard InChI is InChI=1S/C13H24/c1-6-11-12-9(4)10(8(2)3)7-13(11,12)5/h8-12H,6-7H2,1-5H3. The van der Waals surface area contributed by atoms with Crippen LogP contribution in [0.2, 0.25) is 0 Å². The Kier molecular flexibility index (Phi) is 2.02. The van der Waals surface area contributed by atoms with Crippen molar-refractivity contribution in [1.29, 1.82) is 0 Å². The quantitative estimate of drug-likeness (QED) is 0.603. The van der Waals surface area contributed by atoms with Crippen LogP contribution in [0.25, 0.3) is 0 Å². The van der Waals surface area contributed by atoms with Gasteiger partial charge in [-0.1, -0.05) is 41.0 Å². The van der Waals surface area contributed by atoms with E-state index >= 15 is 0 Å². The van der Waals surface area contributed by atoms with E-state index in [0.717, 1.165) is 35.0 Å². The lowest BCUT2D eigenvalue weighted by Gasteiger charge is -2.25. The Labute approximate surface area is 83.1 Å². The van der Waals surface area contributed by atoms with Crippen LogP contribution >= 0.6 is 0 Å². The SMILES string of the molecule is CCC1C2C(C)C(C(C)C)CC12C. The maximum atomic E-state index is 2.53. The highest BCUT2D eigenvalue weighted by Gasteiger charge is 2.67. The minimum atomic E-state index is 0.753. The van der Waals surface area contributed by atoms with Gasteiger partial charge in [0.25, 0.3) is 0 Å². The Balaban J connectivity index is 2.08. The fraction of sp³-hybridized carbons (Fsp3) is 1.00. The molecule has 0 nitrogen and oxygen atoms in total. The molecule has 5 atom stereocenters. The molecule has 0 saturated heterocycles. The fourth-order valence-corrected chi connectivity index (χ4v) is 4.48. The van der Waals surface area contributed by atoms with Gasteiger partial charge in [0.15, 0.2) is 0 Å². The van der Waals surface area contributed by atoms with E-state index in [2.05, 4.69) is 34.6 Å². The van der Waals surface area contributed by atoms with E-state index in [9.17, 15) is 0 Å². The van der Waals surface area contributed by atoms with Crippen molar-refractivity contribution in [2.75, 3.05) is 0 Å². The van der Waals surface area contributed by atoms with Gasteiger partial charge < -0.3 is 0 Å². The first-order valence-electron chi connectivity index (χ1n) is 6.02. The van der Waals surface area contributed by atoms with Crippen molar-refractivity contribution in [2.45, 2.75) is 47.5 Å². The molecule has 0 aromatic rings.